The molecule has 1 aromatic carbocycles. The normalized spacial score (nSPS) is 19.4. The number of hydrogen-bond donors (Lipinski definition) is 0. The molecule has 0 spiro atoms. The van der Waals surface area contributed by atoms with Crippen molar-refractivity contribution in [2.75, 3.05) is 0 Å². The zero-order chi connectivity index (χ0) is 13.8. The first-order valence-electron chi connectivity index (χ1n) is 6.44. The van der Waals surface area contributed by atoms with Crippen molar-refractivity contribution in [2.24, 2.45) is 0 Å². The number of rotatable bonds is 2. The van der Waals surface area contributed by atoms with Crippen LogP contribution in [0.15, 0.2) is 12.1 Å². The maximum absolute atomic E-state index is 13.6. The minimum Gasteiger partial charge on any atom is -0.321 e. The summed E-state index contributed by atoms with van der Waals surface area (Å²) in [6.45, 7) is 4.08. The average molecular weight is 301 g/mol. The summed E-state index contributed by atoms with van der Waals surface area (Å²) in [7, 11) is 0. The summed E-state index contributed by atoms with van der Waals surface area (Å²) >= 11 is 12.1. The van der Waals surface area contributed by atoms with Crippen molar-refractivity contribution in [1.82, 2.24) is 9.55 Å². The Bertz CT molecular complexity index is 644. The Morgan fingerprint density at radius 1 is 1.42 bits per heavy atom. The van der Waals surface area contributed by atoms with Crippen LogP contribution in [0, 0.1) is 5.82 Å². The molecule has 0 radical (unpaired) electrons. The molecule has 19 heavy (non-hydrogen) atoms. The second-order valence-corrected chi connectivity index (χ2v) is 6.59. The van der Waals surface area contributed by atoms with Gasteiger partial charge in [-0.05, 0) is 39.2 Å². The van der Waals surface area contributed by atoms with E-state index in [1.54, 1.807) is 6.07 Å². The van der Waals surface area contributed by atoms with E-state index in [0.29, 0.717) is 5.52 Å². The quantitative estimate of drug-likeness (QED) is 0.711. The number of imidazole rings is 1. The van der Waals surface area contributed by atoms with Crippen LogP contribution in [0.25, 0.3) is 11.0 Å². The van der Waals surface area contributed by atoms with Gasteiger partial charge in [-0.25, -0.2) is 9.37 Å². The lowest BCUT2D eigenvalue weighted by molar-refractivity contribution is 0.169. The molecule has 102 valence electrons. The highest BCUT2D eigenvalue weighted by Gasteiger charge is 2.37. The van der Waals surface area contributed by atoms with Crippen LogP contribution in [-0.4, -0.2) is 9.55 Å². The molecule has 1 heterocycles. The van der Waals surface area contributed by atoms with Crippen molar-refractivity contribution in [2.45, 2.75) is 44.0 Å². The summed E-state index contributed by atoms with van der Waals surface area (Å²) in [5.74, 6) is 0.354. The van der Waals surface area contributed by atoms with Gasteiger partial charge in [0.05, 0.1) is 21.4 Å². The van der Waals surface area contributed by atoms with Gasteiger partial charge in [-0.1, -0.05) is 11.6 Å². The lowest BCUT2D eigenvalue weighted by Crippen LogP contribution is -2.38. The number of halogens is 3. The van der Waals surface area contributed by atoms with Crippen molar-refractivity contribution < 1.29 is 4.39 Å². The van der Waals surface area contributed by atoms with Crippen LogP contribution < -0.4 is 0 Å². The van der Waals surface area contributed by atoms with Gasteiger partial charge in [0, 0.05) is 11.6 Å². The molecule has 1 saturated carbocycles. The zero-order valence-electron chi connectivity index (χ0n) is 10.9. The fraction of sp³-hybridized carbons (Fsp3) is 0.500. The van der Waals surface area contributed by atoms with Crippen molar-refractivity contribution >= 4 is 34.2 Å². The highest BCUT2D eigenvalue weighted by Crippen LogP contribution is 2.43. The van der Waals surface area contributed by atoms with Crippen LogP contribution in [0.2, 0.25) is 5.02 Å². The summed E-state index contributed by atoms with van der Waals surface area (Å²) < 4.78 is 15.7. The Hall–Kier alpha value is -0.800. The minimum atomic E-state index is -0.439. The highest BCUT2D eigenvalue weighted by atomic mass is 35.5. The Morgan fingerprint density at radius 2 is 2.11 bits per heavy atom. The van der Waals surface area contributed by atoms with Gasteiger partial charge in [-0.2, -0.15) is 0 Å². The van der Waals surface area contributed by atoms with E-state index in [2.05, 4.69) is 16.5 Å². The van der Waals surface area contributed by atoms with E-state index in [0.717, 1.165) is 24.2 Å². The van der Waals surface area contributed by atoms with Crippen LogP contribution in [0.1, 0.15) is 44.3 Å². The fourth-order valence-electron chi connectivity index (χ4n) is 2.84. The molecule has 1 unspecified atom stereocenters. The summed E-state index contributed by atoms with van der Waals surface area (Å²) in [5, 5.41) is -0.0861. The van der Waals surface area contributed by atoms with Crippen molar-refractivity contribution in [3.8, 4) is 0 Å². The van der Waals surface area contributed by atoms with E-state index in [1.165, 1.54) is 12.5 Å². The van der Waals surface area contributed by atoms with Gasteiger partial charge in [0.25, 0.3) is 0 Å². The van der Waals surface area contributed by atoms with Crippen LogP contribution in [0.5, 0.6) is 0 Å². The van der Waals surface area contributed by atoms with Gasteiger partial charge in [-0.3, -0.25) is 0 Å². The second kappa shape index (κ2) is 4.35. The molecule has 1 aromatic heterocycles. The lowest BCUT2D eigenvalue weighted by Gasteiger charge is -2.41. The van der Waals surface area contributed by atoms with Crippen molar-refractivity contribution in [1.29, 1.82) is 0 Å². The summed E-state index contributed by atoms with van der Waals surface area (Å²) in [6, 6.07) is 3.05. The number of benzene rings is 1. The van der Waals surface area contributed by atoms with Gasteiger partial charge < -0.3 is 4.57 Å². The SMILES string of the molecule is CC(Cl)c1nc2cc(F)c(Cl)cc2n1C1(C)CCC1. The van der Waals surface area contributed by atoms with Crippen LogP contribution in [0.4, 0.5) is 4.39 Å². The molecule has 1 atom stereocenters. The molecule has 0 saturated heterocycles. The molecular formula is C14H15Cl2FN2. The maximum Gasteiger partial charge on any atom is 0.144 e. The van der Waals surface area contributed by atoms with Crippen LogP contribution in [-0.2, 0) is 5.54 Å². The molecule has 1 fully saturated rings. The Balaban J connectivity index is 2.32. The first-order valence-corrected chi connectivity index (χ1v) is 7.26. The molecule has 1 aliphatic rings. The Labute approximate surface area is 121 Å². The van der Waals surface area contributed by atoms with Crippen LogP contribution in [0.3, 0.4) is 0 Å². The monoisotopic (exact) mass is 300 g/mol. The summed E-state index contributed by atoms with van der Waals surface area (Å²) in [6.07, 6.45) is 3.37. The molecule has 1 aliphatic carbocycles. The molecule has 0 aliphatic heterocycles. The molecule has 5 heteroatoms. The fourth-order valence-corrected chi connectivity index (χ4v) is 3.14. The summed E-state index contributed by atoms with van der Waals surface area (Å²) in [5.41, 5.74) is 1.52. The topological polar surface area (TPSA) is 17.8 Å². The Morgan fingerprint density at radius 3 is 2.63 bits per heavy atom. The molecular weight excluding hydrogens is 286 g/mol. The highest BCUT2D eigenvalue weighted by molar-refractivity contribution is 6.31. The first kappa shape index (κ1) is 13.2. The van der Waals surface area contributed by atoms with E-state index < -0.39 is 5.82 Å². The smallest absolute Gasteiger partial charge is 0.144 e. The lowest BCUT2D eigenvalue weighted by atomic mass is 9.78. The van der Waals surface area contributed by atoms with E-state index >= 15 is 0 Å². The Kier molecular flexibility index (Phi) is 3.02. The number of nitrogens with zero attached hydrogens (tertiary/aromatic N) is 2. The van der Waals surface area contributed by atoms with E-state index in [9.17, 15) is 4.39 Å². The molecule has 0 bridgehead atoms. The third-order valence-electron chi connectivity index (χ3n) is 4.05. The van der Waals surface area contributed by atoms with Gasteiger partial charge >= 0.3 is 0 Å². The van der Waals surface area contributed by atoms with Gasteiger partial charge in [0.1, 0.15) is 11.6 Å². The average Bonchev–Trinajstić information content (AvgIpc) is 2.66. The van der Waals surface area contributed by atoms with Crippen molar-refractivity contribution in [3.63, 3.8) is 0 Å². The predicted molar refractivity (Wildman–Crippen MR) is 76.5 cm³/mol. The molecule has 3 rings (SSSR count). The first-order chi connectivity index (χ1) is 8.92. The van der Waals surface area contributed by atoms with Gasteiger partial charge in [-0.15, -0.1) is 11.6 Å². The van der Waals surface area contributed by atoms with E-state index in [1.807, 2.05) is 6.92 Å². The summed E-state index contributed by atoms with van der Waals surface area (Å²) in [4.78, 5) is 4.49. The number of aromatic nitrogens is 2. The van der Waals surface area contributed by atoms with Gasteiger partial charge in [0.2, 0.25) is 0 Å². The van der Waals surface area contributed by atoms with Crippen molar-refractivity contribution in [3.05, 3.63) is 28.8 Å². The second-order valence-electron chi connectivity index (χ2n) is 5.53. The third kappa shape index (κ3) is 1.95. The third-order valence-corrected chi connectivity index (χ3v) is 4.53. The van der Waals surface area contributed by atoms with Gasteiger partial charge in [0.15, 0.2) is 0 Å². The zero-order valence-corrected chi connectivity index (χ0v) is 12.4. The standard InChI is InChI=1S/C14H15Cl2FN2/c1-8(15)13-18-11-7-10(17)9(16)6-12(11)19(13)14(2)4-3-5-14/h6-8H,3-5H2,1-2H3. The number of alkyl halides is 1. The molecule has 0 N–H and O–H groups in total. The largest absolute Gasteiger partial charge is 0.321 e. The maximum atomic E-state index is 13.6. The molecule has 2 aromatic rings. The van der Waals surface area contributed by atoms with E-state index in [-0.39, 0.29) is 15.9 Å². The number of hydrogen-bond acceptors (Lipinski definition) is 1. The predicted octanol–water partition coefficient (Wildman–Crippen LogP) is 5.03. The van der Waals surface area contributed by atoms with E-state index in [4.69, 9.17) is 23.2 Å². The molecule has 2 nitrogen and oxygen atoms in total. The molecule has 0 amide bonds. The number of fused-ring (bicyclic) bond motifs is 1. The minimum absolute atomic E-state index is 0.0222. The van der Waals surface area contributed by atoms with Crippen LogP contribution >= 0.6 is 23.2 Å².